The van der Waals surface area contributed by atoms with Crippen LogP contribution in [0.25, 0.3) is 0 Å². The van der Waals surface area contributed by atoms with E-state index in [2.05, 4.69) is 15.3 Å². The van der Waals surface area contributed by atoms with Crippen molar-refractivity contribution >= 4 is 5.82 Å². The van der Waals surface area contributed by atoms with Crippen molar-refractivity contribution in [3.63, 3.8) is 0 Å². The summed E-state index contributed by atoms with van der Waals surface area (Å²) in [5.74, 6) is 2.13. The Morgan fingerprint density at radius 3 is 2.87 bits per heavy atom. The summed E-state index contributed by atoms with van der Waals surface area (Å²) in [5, 5.41) is 12.0. The van der Waals surface area contributed by atoms with Crippen molar-refractivity contribution in [1.82, 2.24) is 9.97 Å². The van der Waals surface area contributed by atoms with Gasteiger partial charge in [0.15, 0.2) is 0 Å². The van der Waals surface area contributed by atoms with Crippen LogP contribution in [0.4, 0.5) is 5.82 Å². The summed E-state index contributed by atoms with van der Waals surface area (Å²) in [4.78, 5) is 8.28. The van der Waals surface area contributed by atoms with Crippen LogP contribution in [0.2, 0.25) is 0 Å². The van der Waals surface area contributed by atoms with Gasteiger partial charge >= 0.3 is 0 Å². The van der Waals surface area contributed by atoms with E-state index >= 15 is 0 Å². The van der Waals surface area contributed by atoms with Crippen LogP contribution in [0, 0.1) is 12.8 Å². The van der Waals surface area contributed by atoms with Crippen LogP contribution < -0.4 is 10.1 Å². The molecule has 5 nitrogen and oxygen atoms in total. The van der Waals surface area contributed by atoms with Crippen LogP contribution in [0.5, 0.6) is 5.88 Å². The number of aromatic nitrogens is 2. The quantitative estimate of drug-likeness (QED) is 0.755. The van der Waals surface area contributed by atoms with Gasteiger partial charge in [0, 0.05) is 19.2 Å². The van der Waals surface area contributed by atoms with Crippen molar-refractivity contribution in [2.75, 3.05) is 25.6 Å². The smallest absolute Gasteiger partial charge is 0.218 e. The molecule has 1 aromatic heterocycles. The van der Waals surface area contributed by atoms with E-state index in [1.54, 1.807) is 13.2 Å². The number of rotatable bonds is 5. The highest BCUT2D eigenvalue weighted by Gasteiger charge is 2.03. The van der Waals surface area contributed by atoms with E-state index in [4.69, 9.17) is 9.84 Å². The minimum atomic E-state index is 0.161. The summed E-state index contributed by atoms with van der Waals surface area (Å²) >= 11 is 0. The molecule has 84 valence electrons. The molecule has 1 aromatic rings. The van der Waals surface area contributed by atoms with Gasteiger partial charge in [-0.15, -0.1) is 0 Å². The lowest BCUT2D eigenvalue weighted by atomic mass is 10.2. The highest BCUT2D eigenvalue weighted by atomic mass is 16.5. The number of nitrogens with zero attached hydrogens (tertiary/aromatic N) is 2. The summed E-state index contributed by atoms with van der Waals surface area (Å²) in [6, 6.07) is 1.73. The topological polar surface area (TPSA) is 67.3 Å². The Morgan fingerprint density at radius 2 is 2.27 bits per heavy atom. The minimum absolute atomic E-state index is 0.161. The van der Waals surface area contributed by atoms with Crippen molar-refractivity contribution < 1.29 is 9.84 Å². The second-order valence-electron chi connectivity index (χ2n) is 3.51. The zero-order valence-electron chi connectivity index (χ0n) is 9.32. The lowest BCUT2D eigenvalue weighted by Gasteiger charge is -2.11. The Bertz CT molecular complexity index is 318. The van der Waals surface area contributed by atoms with Crippen LogP contribution >= 0.6 is 0 Å². The standard InChI is InChI=1S/C10H17N3O2/c1-7(6-14)5-11-9-4-10(15-3)13-8(2)12-9/h4,7,14H,5-6H2,1-3H3,(H,11,12,13). The number of hydrogen-bond donors (Lipinski definition) is 2. The van der Waals surface area contributed by atoms with Crippen molar-refractivity contribution in [2.45, 2.75) is 13.8 Å². The molecule has 0 saturated carbocycles. The van der Waals surface area contributed by atoms with Gasteiger partial charge < -0.3 is 15.2 Å². The third-order valence-corrected chi connectivity index (χ3v) is 1.97. The molecule has 0 bridgehead atoms. The average Bonchev–Trinajstić information content (AvgIpc) is 2.25. The molecule has 1 unspecified atom stereocenters. The number of methoxy groups -OCH3 is 1. The van der Waals surface area contributed by atoms with E-state index in [0.29, 0.717) is 18.2 Å². The molecular weight excluding hydrogens is 194 g/mol. The third kappa shape index (κ3) is 3.71. The maximum absolute atomic E-state index is 8.87. The molecule has 0 aromatic carbocycles. The monoisotopic (exact) mass is 211 g/mol. The lowest BCUT2D eigenvalue weighted by molar-refractivity contribution is 0.244. The molecule has 15 heavy (non-hydrogen) atoms. The Kier molecular flexibility index (Phi) is 4.30. The van der Waals surface area contributed by atoms with Crippen molar-refractivity contribution in [3.8, 4) is 5.88 Å². The molecule has 0 aliphatic carbocycles. The molecule has 0 fully saturated rings. The van der Waals surface area contributed by atoms with Crippen molar-refractivity contribution in [2.24, 2.45) is 5.92 Å². The van der Waals surface area contributed by atoms with Crippen molar-refractivity contribution in [3.05, 3.63) is 11.9 Å². The molecule has 0 radical (unpaired) electrons. The van der Waals surface area contributed by atoms with Crippen LogP contribution in [0.3, 0.4) is 0 Å². The fraction of sp³-hybridized carbons (Fsp3) is 0.600. The summed E-state index contributed by atoms with van der Waals surface area (Å²) in [5.41, 5.74) is 0. The molecule has 0 amide bonds. The highest BCUT2D eigenvalue weighted by Crippen LogP contribution is 2.12. The fourth-order valence-corrected chi connectivity index (χ4v) is 1.08. The van der Waals surface area contributed by atoms with Crippen molar-refractivity contribution in [1.29, 1.82) is 0 Å². The van der Waals surface area contributed by atoms with E-state index in [1.165, 1.54) is 0 Å². The average molecular weight is 211 g/mol. The van der Waals surface area contributed by atoms with Gasteiger partial charge in [-0.2, -0.15) is 4.98 Å². The number of aliphatic hydroxyl groups is 1. The third-order valence-electron chi connectivity index (χ3n) is 1.97. The predicted molar refractivity (Wildman–Crippen MR) is 58.1 cm³/mol. The van der Waals surface area contributed by atoms with Gasteiger partial charge in [-0.3, -0.25) is 0 Å². The van der Waals surface area contributed by atoms with Gasteiger partial charge in [-0.1, -0.05) is 6.92 Å². The van der Waals surface area contributed by atoms with Gasteiger partial charge in [0.25, 0.3) is 0 Å². The molecule has 1 atom stereocenters. The van der Waals surface area contributed by atoms with Crippen LogP contribution in [0.15, 0.2) is 6.07 Å². The van der Waals surface area contributed by atoms with Gasteiger partial charge in [-0.25, -0.2) is 4.98 Å². The first-order valence-electron chi connectivity index (χ1n) is 4.90. The number of nitrogens with one attached hydrogen (secondary N) is 1. The van der Waals surface area contributed by atoms with Gasteiger partial charge in [0.05, 0.1) is 7.11 Å². The Labute approximate surface area is 89.5 Å². The number of ether oxygens (including phenoxy) is 1. The van der Waals surface area contributed by atoms with Gasteiger partial charge in [-0.05, 0) is 12.8 Å². The first-order valence-corrected chi connectivity index (χ1v) is 4.90. The zero-order chi connectivity index (χ0) is 11.3. The Balaban J connectivity index is 2.64. The van der Waals surface area contributed by atoms with E-state index in [9.17, 15) is 0 Å². The maximum atomic E-state index is 8.87. The van der Waals surface area contributed by atoms with Gasteiger partial charge in [0.2, 0.25) is 5.88 Å². The zero-order valence-corrected chi connectivity index (χ0v) is 9.32. The molecule has 0 aliphatic rings. The Morgan fingerprint density at radius 1 is 1.53 bits per heavy atom. The molecule has 1 rings (SSSR count). The molecule has 0 saturated heterocycles. The second kappa shape index (κ2) is 5.50. The van der Waals surface area contributed by atoms with Crippen LogP contribution in [-0.4, -0.2) is 35.3 Å². The SMILES string of the molecule is COc1cc(NCC(C)CO)nc(C)n1. The summed E-state index contributed by atoms with van der Waals surface area (Å²) in [6.45, 7) is 4.60. The van der Waals surface area contributed by atoms with Gasteiger partial charge in [0.1, 0.15) is 11.6 Å². The van der Waals surface area contributed by atoms with E-state index < -0.39 is 0 Å². The molecule has 0 aliphatic heterocycles. The van der Waals surface area contributed by atoms with Crippen LogP contribution in [-0.2, 0) is 0 Å². The normalized spacial score (nSPS) is 12.3. The lowest BCUT2D eigenvalue weighted by Crippen LogP contribution is -2.15. The summed E-state index contributed by atoms with van der Waals surface area (Å²) in [6.07, 6.45) is 0. The molecule has 0 spiro atoms. The van der Waals surface area contributed by atoms with E-state index in [0.717, 1.165) is 5.82 Å². The van der Waals surface area contributed by atoms with Crippen LogP contribution in [0.1, 0.15) is 12.7 Å². The molecule has 2 N–H and O–H groups in total. The highest BCUT2D eigenvalue weighted by molar-refractivity contribution is 5.38. The second-order valence-corrected chi connectivity index (χ2v) is 3.51. The fourth-order valence-electron chi connectivity index (χ4n) is 1.08. The molecular formula is C10H17N3O2. The number of aliphatic hydroxyl groups excluding tert-OH is 1. The van der Waals surface area contributed by atoms with E-state index in [-0.39, 0.29) is 12.5 Å². The minimum Gasteiger partial charge on any atom is -0.481 e. The number of hydrogen-bond acceptors (Lipinski definition) is 5. The first-order chi connectivity index (χ1) is 7.15. The summed E-state index contributed by atoms with van der Waals surface area (Å²) in [7, 11) is 1.57. The summed E-state index contributed by atoms with van der Waals surface area (Å²) < 4.78 is 5.03. The first kappa shape index (κ1) is 11.7. The number of aryl methyl sites for hydroxylation is 1. The number of anilines is 1. The maximum Gasteiger partial charge on any atom is 0.218 e. The Hall–Kier alpha value is -1.36. The van der Waals surface area contributed by atoms with E-state index in [1.807, 2.05) is 13.8 Å². The molecule has 1 heterocycles. The predicted octanol–water partition coefficient (Wildman–Crippen LogP) is 0.834. The largest absolute Gasteiger partial charge is 0.481 e. The molecule has 5 heteroatoms.